The topological polar surface area (TPSA) is 64.4 Å². The molecule has 1 aromatic heterocycles. The molecule has 1 amide bonds. The lowest BCUT2D eigenvalue weighted by Crippen LogP contribution is -2.19. The Morgan fingerprint density at radius 2 is 2.26 bits per heavy atom. The average Bonchev–Trinajstić information content (AvgIpc) is 3.00. The lowest BCUT2D eigenvalue weighted by atomic mass is 10.1. The summed E-state index contributed by atoms with van der Waals surface area (Å²) in [6.07, 6.45) is 0.890. The van der Waals surface area contributed by atoms with E-state index in [0.29, 0.717) is 6.61 Å². The highest BCUT2D eigenvalue weighted by atomic mass is 32.1. The van der Waals surface area contributed by atoms with E-state index in [-0.39, 0.29) is 5.91 Å². The maximum atomic E-state index is 11.4. The number of ether oxygens (including phenoxy) is 1. The van der Waals surface area contributed by atoms with Gasteiger partial charge in [-0.1, -0.05) is 12.1 Å². The molecular weight excluding hydrogens is 260 g/mol. The number of rotatable bonds is 4. The molecule has 0 radical (unpaired) electrons. The summed E-state index contributed by atoms with van der Waals surface area (Å²) in [5.74, 6) is 0.593. The molecule has 2 heterocycles. The molecule has 1 atom stereocenters. The first kappa shape index (κ1) is 12.2. The number of carbonyl (C=O) groups excluding carboxylic acids is 1. The monoisotopic (exact) mass is 274 g/mol. The van der Waals surface area contributed by atoms with Crippen molar-refractivity contribution in [3.05, 3.63) is 46.2 Å². The van der Waals surface area contributed by atoms with Crippen LogP contribution >= 0.6 is 11.3 Å². The van der Waals surface area contributed by atoms with Gasteiger partial charge in [0, 0.05) is 28.6 Å². The highest BCUT2D eigenvalue weighted by Crippen LogP contribution is 2.32. The predicted molar refractivity (Wildman–Crippen MR) is 75.5 cm³/mol. The van der Waals surface area contributed by atoms with Crippen molar-refractivity contribution in [1.29, 1.82) is 0 Å². The summed E-state index contributed by atoms with van der Waals surface area (Å²) in [7, 11) is 0. The number of hydrogen-bond acceptors (Lipinski definition) is 4. The van der Waals surface area contributed by atoms with Gasteiger partial charge >= 0.3 is 0 Å². The van der Waals surface area contributed by atoms with Crippen molar-refractivity contribution in [1.82, 2.24) is 0 Å². The van der Waals surface area contributed by atoms with Crippen LogP contribution in [0.15, 0.2) is 35.7 Å². The largest absolute Gasteiger partial charge is 0.493 e. The van der Waals surface area contributed by atoms with E-state index in [1.165, 1.54) is 4.88 Å². The molecule has 0 bridgehead atoms. The van der Waals surface area contributed by atoms with Crippen LogP contribution in [0.1, 0.15) is 16.5 Å². The van der Waals surface area contributed by atoms with Gasteiger partial charge in [0.15, 0.2) is 0 Å². The number of anilines is 1. The Morgan fingerprint density at radius 3 is 3.05 bits per heavy atom. The molecule has 5 heteroatoms. The molecule has 19 heavy (non-hydrogen) atoms. The molecule has 1 unspecified atom stereocenters. The molecule has 0 saturated carbocycles. The lowest BCUT2D eigenvalue weighted by molar-refractivity contribution is -0.116. The second-order valence-corrected chi connectivity index (χ2v) is 5.43. The van der Waals surface area contributed by atoms with Gasteiger partial charge in [0.1, 0.15) is 11.8 Å². The standard InChI is InChI=1S/C14H14N2O2S/c15-13-11-4-3-9(8-12(11)16-14(13)17)18-6-5-10-2-1-7-19-10/h1-4,7-8,13H,5-6,15H2,(H,16,17). The summed E-state index contributed by atoms with van der Waals surface area (Å²) >= 11 is 1.73. The van der Waals surface area contributed by atoms with Gasteiger partial charge in [-0.05, 0) is 17.5 Å². The van der Waals surface area contributed by atoms with Gasteiger partial charge in [-0.3, -0.25) is 4.79 Å². The SMILES string of the molecule is NC1C(=O)Nc2cc(OCCc3cccs3)ccc21. The number of benzene rings is 1. The molecular formula is C14H14N2O2S. The molecule has 0 spiro atoms. The van der Waals surface area contributed by atoms with Crippen molar-refractivity contribution < 1.29 is 9.53 Å². The summed E-state index contributed by atoms with van der Waals surface area (Å²) in [6, 6.07) is 9.10. The molecule has 4 nitrogen and oxygen atoms in total. The van der Waals surface area contributed by atoms with Gasteiger partial charge in [-0.2, -0.15) is 0 Å². The summed E-state index contributed by atoms with van der Waals surface area (Å²) < 4.78 is 5.69. The summed E-state index contributed by atoms with van der Waals surface area (Å²) in [4.78, 5) is 12.7. The summed E-state index contributed by atoms with van der Waals surface area (Å²) in [5, 5.41) is 4.81. The van der Waals surface area contributed by atoms with Crippen LogP contribution in [-0.2, 0) is 11.2 Å². The van der Waals surface area contributed by atoms with E-state index in [0.717, 1.165) is 23.4 Å². The van der Waals surface area contributed by atoms with Crippen LogP contribution in [0.3, 0.4) is 0 Å². The first-order valence-corrected chi connectivity index (χ1v) is 6.97. The van der Waals surface area contributed by atoms with Gasteiger partial charge < -0.3 is 15.8 Å². The molecule has 1 aromatic carbocycles. The normalized spacial score (nSPS) is 17.1. The lowest BCUT2D eigenvalue weighted by Gasteiger charge is -2.07. The zero-order chi connectivity index (χ0) is 13.2. The van der Waals surface area contributed by atoms with Crippen LogP contribution in [-0.4, -0.2) is 12.5 Å². The van der Waals surface area contributed by atoms with E-state index in [2.05, 4.69) is 16.8 Å². The minimum Gasteiger partial charge on any atom is -0.493 e. The second kappa shape index (κ2) is 5.03. The third-order valence-corrected chi connectivity index (χ3v) is 4.03. The third-order valence-electron chi connectivity index (χ3n) is 3.10. The van der Waals surface area contributed by atoms with E-state index < -0.39 is 6.04 Å². The number of nitrogens with two attached hydrogens (primary N) is 1. The number of nitrogens with one attached hydrogen (secondary N) is 1. The van der Waals surface area contributed by atoms with Crippen molar-refractivity contribution >= 4 is 22.9 Å². The number of hydrogen-bond donors (Lipinski definition) is 2. The molecule has 0 fully saturated rings. The molecule has 0 aliphatic carbocycles. The summed E-state index contributed by atoms with van der Waals surface area (Å²) in [6.45, 7) is 0.624. The summed E-state index contributed by atoms with van der Waals surface area (Å²) in [5.41, 5.74) is 7.34. The molecule has 98 valence electrons. The van der Waals surface area contributed by atoms with Gasteiger partial charge in [0.2, 0.25) is 5.91 Å². The Hall–Kier alpha value is -1.85. The first-order valence-electron chi connectivity index (χ1n) is 6.09. The van der Waals surface area contributed by atoms with Crippen LogP contribution in [0.2, 0.25) is 0 Å². The zero-order valence-electron chi connectivity index (χ0n) is 10.3. The minimum atomic E-state index is -0.560. The Bertz CT molecular complexity index is 595. The molecule has 1 aliphatic heterocycles. The van der Waals surface area contributed by atoms with E-state index in [9.17, 15) is 4.79 Å². The Morgan fingerprint density at radius 1 is 1.37 bits per heavy atom. The maximum absolute atomic E-state index is 11.4. The van der Waals surface area contributed by atoms with Crippen LogP contribution in [0.5, 0.6) is 5.75 Å². The smallest absolute Gasteiger partial charge is 0.245 e. The fraction of sp³-hybridized carbons (Fsp3) is 0.214. The molecule has 0 saturated heterocycles. The minimum absolute atomic E-state index is 0.161. The molecule has 1 aliphatic rings. The number of thiophene rings is 1. The van der Waals surface area contributed by atoms with Crippen molar-refractivity contribution in [2.24, 2.45) is 5.73 Å². The van der Waals surface area contributed by atoms with Gasteiger partial charge in [-0.15, -0.1) is 11.3 Å². The van der Waals surface area contributed by atoms with Crippen LogP contribution in [0, 0.1) is 0 Å². The van der Waals surface area contributed by atoms with Crippen LogP contribution in [0.25, 0.3) is 0 Å². The van der Waals surface area contributed by atoms with E-state index in [1.807, 2.05) is 24.3 Å². The van der Waals surface area contributed by atoms with Crippen LogP contribution < -0.4 is 15.8 Å². The van der Waals surface area contributed by atoms with Gasteiger partial charge in [-0.25, -0.2) is 0 Å². The van der Waals surface area contributed by atoms with Crippen LogP contribution in [0.4, 0.5) is 5.69 Å². The van der Waals surface area contributed by atoms with E-state index in [4.69, 9.17) is 10.5 Å². The fourth-order valence-electron chi connectivity index (χ4n) is 2.08. The maximum Gasteiger partial charge on any atom is 0.245 e. The fourth-order valence-corrected chi connectivity index (χ4v) is 2.77. The quantitative estimate of drug-likeness (QED) is 0.899. The number of fused-ring (bicyclic) bond motifs is 1. The van der Waals surface area contributed by atoms with E-state index >= 15 is 0 Å². The molecule has 3 rings (SSSR count). The highest BCUT2D eigenvalue weighted by Gasteiger charge is 2.27. The second-order valence-electron chi connectivity index (χ2n) is 4.39. The van der Waals surface area contributed by atoms with Gasteiger partial charge in [0.05, 0.1) is 6.61 Å². The van der Waals surface area contributed by atoms with Gasteiger partial charge in [0.25, 0.3) is 0 Å². The zero-order valence-corrected chi connectivity index (χ0v) is 11.1. The highest BCUT2D eigenvalue weighted by molar-refractivity contribution is 7.09. The third kappa shape index (κ3) is 2.47. The van der Waals surface area contributed by atoms with Crippen molar-refractivity contribution in [3.63, 3.8) is 0 Å². The van der Waals surface area contributed by atoms with Crippen molar-refractivity contribution in [2.75, 3.05) is 11.9 Å². The van der Waals surface area contributed by atoms with Crippen molar-refractivity contribution in [3.8, 4) is 5.75 Å². The van der Waals surface area contributed by atoms with E-state index in [1.54, 1.807) is 11.3 Å². The first-order chi connectivity index (χ1) is 9.24. The molecule has 3 N–H and O–H groups in total. The Kier molecular flexibility index (Phi) is 3.23. The number of carbonyl (C=O) groups is 1. The van der Waals surface area contributed by atoms with Crippen molar-refractivity contribution in [2.45, 2.75) is 12.5 Å². The average molecular weight is 274 g/mol. The predicted octanol–water partition coefficient (Wildman–Crippen LogP) is 2.32. The molecule has 2 aromatic rings. The Labute approximate surface area is 115 Å². The number of amides is 1. The Balaban J connectivity index is 1.64.